The standard InChI is InChI=1S/C14H13BrO2/c1-17-13-5-3-2-4-12(13)14(16)10-6-8-11(15)9-7-10/h2-9,14,16H,1H3/t14-/m1/s1. The van der Waals surface area contributed by atoms with E-state index in [1.807, 2.05) is 48.5 Å². The highest BCUT2D eigenvalue weighted by Crippen LogP contribution is 2.30. The minimum absolute atomic E-state index is 0.667. The number of para-hydroxylation sites is 1. The number of halogens is 1. The molecule has 17 heavy (non-hydrogen) atoms. The van der Waals surface area contributed by atoms with Gasteiger partial charge < -0.3 is 9.84 Å². The Bertz CT molecular complexity index is 494. The zero-order valence-corrected chi connectivity index (χ0v) is 11.0. The summed E-state index contributed by atoms with van der Waals surface area (Å²) in [4.78, 5) is 0. The largest absolute Gasteiger partial charge is 0.496 e. The lowest BCUT2D eigenvalue weighted by Crippen LogP contribution is -2.01. The number of methoxy groups -OCH3 is 1. The molecule has 0 saturated carbocycles. The summed E-state index contributed by atoms with van der Waals surface area (Å²) in [6.07, 6.45) is -0.667. The van der Waals surface area contributed by atoms with E-state index >= 15 is 0 Å². The molecule has 0 aliphatic heterocycles. The molecule has 2 rings (SSSR count). The molecule has 0 aliphatic rings. The smallest absolute Gasteiger partial charge is 0.125 e. The number of ether oxygens (including phenoxy) is 1. The molecule has 0 radical (unpaired) electrons. The first-order chi connectivity index (χ1) is 8.22. The van der Waals surface area contributed by atoms with Crippen molar-refractivity contribution in [1.82, 2.24) is 0 Å². The Morgan fingerprint density at radius 1 is 1.06 bits per heavy atom. The Morgan fingerprint density at radius 3 is 2.35 bits per heavy atom. The van der Waals surface area contributed by atoms with Crippen LogP contribution in [0.3, 0.4) is 0 Å². The van der Waals surface area contributed by atoms with Gasteiger partial charge in [-0.3, -0.25) is 0 Å². The lowest BCUT2D eigenvalue weighted by atomic mass is 10.0. The van der Waals surface area contributed by atoms with E-state index < -0.39 is 6.10 Å². The highest BCUT2D eigenvalue weighted by atomic mass is 79.9. The van der Waals surface area contributed by atoms with Gasteiger partial charge in [-0.05, 0) is 23.8 Å². The van der Waals surface area contributed by atoms with Gasteiger partial charge in [-0.15, -0.1) is 0 Å². The SMILES string of the molecule is COc1ccccc1[C@H](O)c1ccc(Br)cc1. The summed E-state index contributed by atoms with van der Waals surface area (Å²) in [6.45, 7) is 0. The van der Waals surface area contributed by atoms with Crippen molar-refractivity contribution in [2.45, 2.75) is 6.10 Å². The van der Waals surface area contributed by atoms with Gasteiger partial charge in [0.25, 0.3) is 0 Å². The van der Waals surface area contributed by atoms with Gasteiger partial charge >= 0.3 is 0 Å². The van der Waals surface area contributed by atoms with Crippen molar-refractivity contribution in [2.75, 3.05) is 7.11 Å². The van der Waals surface area contributed by atoms with E-state index in [1.54, 1.807) is 7.11 Å². The highest BCUT2D eigenvalue weighted by Gasteiger charge is 2.14. The third kappa shape index (κ3) is 2.68. The second-order valence-corrected chi connectivity index (χ2v) is 4.61. The summed E-state index contributed by atoms with van der Waals surface area (Å²) >= 11 is 3.37. The normalized spacial score (nSPS) is 12.2. The zero-order valence-electron chi connectivity index (χ0n) is 9.43. The van der Waals surface area contributed by atoms with Crippen LogP contribution in [0, 0.1) is 0 Å². The van der Waals surface area contributed by atoms with Crippen molar-refractivity contribution >= 4 is 15.9 Å². The first-order valence-electron chi connectivity index (χ1n) is 5.29. The van der Waals surface area contributed by atoms with Crippen LogP contribution in [-0.4, -0.2) is 12.2 Å². The maximum atomic E-state index is 10.3. The first-order valence-corrected chi connectivity index (χ1v) is 6.08. The monoisotopic (exact) mass is 292 g/mol. The number of hydrogen-bond donors (Lipinski definition) is 1. The molecule has 0 aromatic heterocycles. The van der Waals surface area contributed by atoms with Crippen LogP contribution < -0.4 is 4.74 Å². The molecule has 0 bridgehead atoms. The van der Waals surface area contributed by atoms with Crippen LogP contribution >= 0.6 is 15.9 Å². The van der Waals surface area contributed by atoms with E-state index in [4.69, 9.17) is 4.74 Å². The summed E-state index contributed by atoms with van der Waals surface area (Å²) < 4.78 is 6.24. The molecular weight excluding hydrogens is 280 g/mol. The minimum Gasteiger partial charge on any atom is -0.496 e. The van der Waals surface area contributed by atoms with E-state index in [0.717, 1.165) is 15.6 Å². The number of aliphatic hydroxyl groups is 1. The predicted molar refractivity (Wildman–Crippen MR) is 71.2 cm³/mol. The molecule has 0 fully saturated rings. The van der Waals surface area contributed by atoms with E-state index in [-0.39, 0.29) is 0 Å². The highest BCUT2D eigenvalue weighted by molar-refractivity contribution is 9.10. The Hall–Kier alpha value is -1.32. The van der Waals surface area contributed by atoms with Crippen molar-refractivity contribution < 1.29 is 9.84 Å². The van der Waals surface area contributed by atoms with Crippen LogP contribution in [0.25, 0.3) is 0 Å². The molecule has 0 unspecified atom stereocenters. The summed E-state index contributed by atoms with van der Waals surface area (Å²) in [6, 6.07) is 15.1. The molecule has 3 heteroatoms. The molecule has 1 N–H and O–H groups in total. The molecule has 0 amide bonds. The van der Waals surface area contributed by atoms with Gasteiger partial charge in [-0.25, -0.2) is 0 Å². The number of benzene rings is 2. The Labute approximate surface area is 109 Å². The van der Waals surface area contributed by atoms with E-state index in [1.165, 1.54) is 0 Å². The Kier molecular flexibility index (Phi) is 3.82. The zero-order chi connectivity index (χ0) is 12.3. The number of aliphatic hydroxyl groups excluding tert-OH is 1. The van der Waals surface area contributed by atoms with E-state index in [0.29, 0.717) is 5.75 Å². The molecular formula is C14H13BrO2. The predicted octanol–water partition coefficient (Wildman–Crippen LogP) is 3.54. The Balaban J connectivity index is 2.36. The van der Waals surface area contributed by atoms with Crippen LogP contribution in [0.15, 0.2) is 53.0 Å². The van der Waals surface area contributed by atoms with Gasteiger partial charge in [0, 0.05) is 10.0 Å². The van der Waals surface area contributed by atoms with Crippen molar-refractivity contribution in [3.8, 4) is 5.75 Å². The minimum atomic E-state index is -0.667. The Morgan fingerprint density at radius 2 is 1.71 bits per heavy atom. The third-order valence-electron chi connectivity index (χ3n) is 2.62. The van der Waals surface area contributed by atoms with Gasteiger partial charge in [0.1, 0.15) is 11.9 Å². The average molecular weight is 293 g/mol. The first kappa shape index (κ1) is 12.1. The van der Waals surface area contributed by atoms with Gasteiger partial charge in [0.2, 0.25) is 0 Å². The summed E-state index contributed by atoms with van der Waals surface area (Å²) in [5.41, 5.74) is 1.62. The van der Waals surface area contributed by atoms with Crippen LogP contribution in [0.5, 0.6) is 5.75 Å². The van der Waals surface area contributed by atoms with Gasteiger partial charge in [-0.1, -0.05) is 46.3 Å². The number of hydrogen-bond acceptors (Lipinski definition) is 2. The summed E-state index contributed by atoms with van der Waals surface area (Å²) in [5, 5.41) is 10.3. The van der Waals surface area contributed by atoms with E-state index in [2.05, 4.69) is 15.9 Å². The fourth-order valence-corrected chi connectivity index (χ4v) is 1.98. The van der Waals surface area contributed by atoms with Crippen molar-refractivity contribution in [3.63, 3.8) is 0 Å². The second kappa shape index (κ2) is 5.34. The van der Waals surface area contributed by atoms with Gasteiger partial charge in [-0.2, -0.15) is 0 Å². The number of rotatable bonds is 3. The maximum Gasteiger partial charge on any atom is 0.125 e. The van der Waals surface area contributed by atoms with Crippen molar-refractivity contribution in [3.05, 3.63) is 64.1 Å². The fourth-order valence-electron chi connectivity index (χ4n) is 1.72. The lowest BCUT2D eigenvalue weighted by molar-refractivity contribution is 0.214. The van der Waals surface area contributed by atoms with Crippen molar-refractivity contribution in [1.29, 1.82) is 0 Å². The van der Waals surface area contributed by atoms with Crippen LogP contribution in [0.1, 0.15) is 17.2 Å². The molecule has 2 aromatic rings. The quantitative estimate of drug-likeness (QED) is 0.938. The van der Waals surface area contributed by atoms with Gasteiger partial charge in [0.15, 0.2) is 0 Å². The summed E-state index contributed by atoms with van der Waals surface area (Å²) in [5.74, 6) is 0.697. The van der Waals surface area contributed by atoms with Crippen LogP contribution in [-0.2, 0) is 0 Å². The van der Waals surface area contributed by atoms with Crippen molar-refractivity contribution in [2.24, 2.45) is 0 Å². The fraction of sp³-hybridized carbons (Fsp3) is 0.143. The van der Waals surface area contributed by atoms with Crippen LogP contribution in [0.4, 0.5) is 0 Å². The molecule has 0 spiro atoms. The molecule has 0 saturated heterocycles. The molecule has 2 nitrogen and oxygen atoms in total. The third-order valence-corrected chi connectivity index (χ3v) is 3.15. The molecule has 0 heterocycles. The molecule has 1 atom stereocenters. The maximum absolute atomic E-state index is 10.3. The summed E-state index contributed by atoms with van der Waals surface area (Å²) in [7, 11) is 1.60. The van der Waals surface area contributed by atoms with Crippen LogP contribution in [0.2, 0.25) is 0 Å². The van der Waals surface area contributed by atoms with Gasteiger partial charge in [0.05, 0.1) is 7.11 Å². The second-order valence-electron chi connectivity index (χ2n) is 3.70. The van der Waals surface area contributed by atoms with E-state index in [9.17, 15) is 5.11 Å². The topological polar surface area (TPSA) is 29.5 Å². The lowest BCUT2D eigenvalue weighted by Gasteiger charge is -2.15. The molecule has 0 aliphatic carbocycles. The average Bonchev–Trinajstić information content (AvgIpc) is 2.39. The molecule has 88 valence electrons. The molecule has 2 aromatic carbocycles.